The number of H-pyrrole nitrogens is 1. The molecule has 1 heterocycles. The van der Waals surface area contributed by atoms with Crippen LogP contribution in [0.4, 0.5) is 0 Å². The van der Waals surface area contributed by atoms with E-state index in [0.29, 0.717) is 34.9 Å². The summed E-state index contributed by atoms with van der Waals surface area (Å²) in [7, 11) is 0. The Kier molecular flexibility index (Phi) is 5.83. The predicted octanol–water partition coefficient (Wildman–Crippen LogP) is 5.32. The number of aromatic nitrogens is 3. The number of nitrogens with zero attached hydrogens (tertiary/aromatic N) is 3. The molecule has 0 amide bonds. The molecular formula is C22H19ClN4O2S. The fourth-order valence-corrected chi connectivity index (χ4v) is 3.65. The lowest BCUT2D eigenvalue weighted by Crippen LogP contribution is -2.01. The molecule has 0 unspecified atom stereocenters. The number of aromatic hydroxyl groups is 1. The highest BCUT2D eigenvalue weighted by molar-refractivity contribution is 7.71. The van der Waals surface area contributed by atoms with Crippen LogP contribution in [0.15, 0.2) is 59.7 Å². The summed E-state index contributed by atoms with van der Waals surface area (Å²) in [5.41, 5.74) is 1.80. The number of hydrogen-bond donors (Lipinski definition) is 2. The summed E-state index contributed by atoms with van der Waals surface area (Å²) in [5.74, 6) is 0.896. The van der Waals surface area contributed by atoms with Gasteiger partial charge in [-0.3, -0.25) is 5.10 Å². The number of nitrogens with one attached hydrogen (secondary N) is 1. The van der Waals surface area contributed by atoms with Crippen LogP contribution in [0.2, 0.25) is 5.02 Å². The molecule has 0 saturated heterocycles. The Balaban J connectivity index is 1.67. The number of phenols is 1. The number of benzene rings is 3. The van der Waals surface area contributed by atoms with Crippen molar-refractivity contribution in [3.8, 4) is 11.5 Å². The summed E-state index contributed by atoms with van der Waals surface area (Å²) in [5, 5.41) is 24.2. The summed E-state index contributed by atoms with van der Waals surface area (Å²) in [4.78, 5) is 0. The maximum Gasteiger partial charge on any atom is 0.216 e. The van der Waals surface area contributed by atoms with Gasteiger partial charge in [-0.15, -0.1) is 0 Å². The number of phenolic OH excluding ortho intramolecular Hbond substituents is 1. The van der Waals surface area contributed by atoms with Gasteiger partial charge in [-0.2, -0.15) is 14.9 Å². The summed E-state index contributed by atoms with van der Waals surface area (Å²) >= 11 is 11.5. The van der Waals surface area contributed by atoms with E-state index >= 15 is 0 Å². The second-order valence-electron chi connectivity index (χ2n) is 6.60. The molecule has 0 radical (unpaired) electrons. The van der Waals surface area contributed by atoms with Gasteiger partial charge in [-0.25, -0.2) is 0 Å². The maximum absolute atomic E-state index is 10.0. The highest BCUT2D eigenvalue weighted by atomic mass is 35.5. The third-order valence-corrected chi connectivity index (χ3v) is 5.17. The molecule has 4 aromatic rings. The average Bonchev–Trinajstić information content (AvgIpc) is 3.09. The zero-order chi connectivity index (χ0) is 21.1. The van der Waals surface area contributed by atoms with Crippen molar-refractivity contribution in [3.63, 3.8) is 0 Å². The van der Waals surface area contributed by atoms with Crippen molar-refractivity contribution < 1.29 is 9.84 Å². The normalized spacial score (nSPS) is 11.4. The Labute approximate surface area is 183 Å². The van der Waals surface area contributed by atoms with Gasteiger partial charge in [0.1, 0.15) is 0 Å². The fraction of sp³-hybridized carbons (Fsp3) is 0.136. The molecule has 0 aliphatic carbocycles. The molecule has 0 atom stereocenters. The van der Waals surface area contributed by atoms with Crippen molar-refractivity contribution in [2.45, 2.75) is 13.3 Å². The van der Waals surface area contributed by atoms with E-state index < -0.39 is 0 Å². The quantitative estimate of drug-likeness (QED) is 0.315. The molecule has 0 bridgehead atoms. The van der Waals surface area contributed by atoms with E-state index in [4.69, 9.17) is 28.6 Å². The van der Waals surface area contributed by atoms with Gasteiger partial charge in [0.15, 0.2) is 17.3 Å². The highest BCUT2D eigenvalue weighted by Crippen LogP contribution is 2.34. The van der Waals surface area contributed by atoms with E-state index in [1.165, 1.54) is 5.39 Å². The highest BCUT2D eigenvalue weighted by Gasteiger charge is 2.11. The molecule has 30 heavy (non-hydrogen) atoms. The first-order valence-corrected chi connectivity index (χ1v) is 10.2. The lowest BCUT2D eigenvalue weighted by atomic mass is 10.0. The molecule has 2 N–H and O–H groups in total. The monoisotopic (exact) mass is 438 g/mol. The summed E-state index contributed by atoms with van der Waals surface area (Å²) in [6.07, 6.45) is 2.16. The van der Waals surface area contributed by atoms with Gasteiger partial charge in [-0.05, 0) is 53.2 Å². The lowest BCUT2D eigenvalue weighted by Gasteiger charge is -2.08. The molecule has 152 valence electrons. The Morgan fingerprint density at radius 3 is 2.87 bits per heavy atom. The third-order valence-electron chi connectivity index (χ3n) is 4.62. The van der Waals surface area contributed by atoms with Crippen molar-refractivity contribution in [2.75, 3.05) is 6.61 Å². The van der Waals surface area contributed by atoms with Gasteiger partial charge in [0.05, 0.1) is 17.8 Å². The minimum Gasteiger partial charge on any atom is -0.503 e. The molecular weight excluding hydrogens is 420 g/mol. The van der Waals surface area contributed by atoms with Crippen LogP contribution in [0, 0.1) is 4.77 Å². The second-order valence-corrected chi connectivity index (χ2v) is 7.39. The Bertz CT molecular complexity index is 1290. The molecule has 6 nitrogen and oxygen atoms in total. The SMILES string of the molecule is CCOc1cc(/C=N\n2c(Cc3cccc4ccccc34)n[nH]c2=S)cc(Cl)c1O. The fourth-order valence-electron chi connectivity index (χ4n) is 3.23. The number of rotatable bonds is 6. The number of halogens is 1. The number of ether oxygens (including phenoxy) is 1. The first-order chi connectivity index (χ1) is 14.6. The first kappa shape index (κ1) is 20.1. The minimum absolute atomic E-state index is 0.0905. The van der Waals surface area contributed by atoms with E-state index in [1.807, 2.05) is 25.1 Å². The molecule has 3 aromatic carbocycles. The Morgan fingerprint density at radius 2 is 2.03 bits per heavy atom. The lowest BCUT2D eigenvalue weighted by molar-refractivity contribution is 0.318. The van der Waals surface area contributed by atoms with E-state index in [-0.39, 0.29) is 10.8 Å². The van der Waals surface area contributed by atoms with Gasteiger partial charge in [-0.1, -0.05) is 54.1 Å². The largest absolute Gasteiger partial charge is 0.503 e. The van der Waals surface area contributed by atoms with Crippen molar-refractivity contribution in [1.29, 1.82) is 0 Å². The Morgan fingerprint density at radius 1 is 1.23 bits per heavy atom. The van der Waals surface area contributed by atoms with Crippen molar-refractivity contribution >= 4 is 40.8 Å². The summed E-state index contributed by atoms with van der Waals surface area (Å²) in [6.45, 7) is 2.24. The van der Waals surface area contributed by atoms with Gasteiger partial charge < -0.3 is 9.84 Å². The average molecular weight is 439 g/mol. The van der Waals surface area contributed by atoms with Crippen molar-refractivity contribution in [1.82, 2.24) is 14.9 Å². The van der Waals surface area contributed by atoms with Crippen LogP contribution < -0.4 is 4.74 Å². The van der Waals surface area contributed by atoms with E-state index in [1.54, 1.807) is 23.0 Å². The van der Waals surface area contributed by atoms with Crippen LogP contribution >= 0.6 is 23.8 Å². The first-order valence-electron chi connectivity index (χ1n) is 9.39. The summed E-state index contributed by atoms with van der Waals surface area (Å²) < 4.78 is 7.39. The molecule has 4 rings (SSSR count). The van der Waals surface area contributed by atoms with Crippen LogP contribution in [0.3, 0.4) is 0 Å². The van der Waals surface area contributed by atoms with Gasteiger partial charge in [0.25, 0.3) is 0 Å². The van der Waals surface area contributed by atoms with Gasteiger partial charge in [0, 0.05) is 6.42 Å². The molecule has 0 aliphatic heterocycles. The topological polar surface area (TPSA) is 75.4 Å². The van der Waals surface area contributed by atoms with Crippen LogP contribution in [-0.2, 0) is 6.42 Å². The van der Waals surface area contributed by atoms with Crippen LogP contribution in [-0.4, -0.2) is 32.8 Å². The van der Waals surface area contributed by atoms with Gasteiger partial charge in [0.2, 0.25) is 4.77 Å². The number of fused-ring (bicyclic) bond motifs is 1. The maximum atomic E-state index is 10.0. The van der Waals surface area contributed by atoms with E-state index in [2.05, 4.69) is 39.6 Å². The number of hydrogen-bond acceptors (Lipinski definition) is 5. The molecule has 8 heteroatoms. The van der Waals surface area contributed by atoms with Crippen LogP contribution in [0.1, 0.15) is 23.9 Å². The van der Waals surface area contributed by atoms with E-state index in [9.17, 15) is 5.11 Å². The number of aromatic amines is 1. The predicted molar refractivity (Wildman–Crippen MR) is 121 cm³/mol. The summed E-state index contributed by atoms with van der Waals surface area (Å²) in [6, 6.07) is 17.7. The van der Waals surface area contributed by atoms with Crippen LogP contribution in [0.25, 0.3) is 10.8 Å². The zero-order valence-corrected chi connectivity index (χ0v) is 17.7. The zero-order valence-electron chi connectivity index (χ0n) is 16.2. The van der Waals surface area contributed by atoms with Crippen molar-refractivity contribution in [2.24, 2.45) is 5.10 Å². The standard InChI is InChI=1S/C22H19ClN4O2S/c1-2-29-19-11-14(10-18(23)21(19)28)13-24-27-20(25-26-22(27)30)12-16-8-5-7-15-6-3-4-9-17(15)16/h3-11,13,28H,2,12H2,1H3,(H,26,30)/b24-13-. The molecule has 0 fully saturated rings. The Hall–Kier alpha value is -3.16. The van der Waals surface area contributed by atoms with Gasteiger partial charge >= 0.3 is 0 Å². The third kappa shape index (κ3) is 4.08. The smallest absolute Gasteiger partial charge is 0.216 e. The molecule has 0 aliphatic rings. The molecule has 0 saturated carbocycles. The molecule has 0 spiro atoms. The second kappa shape index (κ2) is 8.69. The molecule has 1 aromatic heterocycles. The minimum atomic E-state index is -0.0905. The van der Waals surface area contributed by atoms with Crippen LogP contribution in [0.5, 0.6) is 11.5 Å². The van der Waals surface area contributed by atoms with Crippen molar-refractivity contribution in [3.05, 3.63) is 81.3 Å². The van der Waals surface area contributed by atoms with E-state index in [0.717, 1.165) is 10.9 Å².